The van der Waals surface area contributed by atoms with Gasteiger partial charge in [-0.25, -0.2) is 0 Å². The Hall–Kier alpha value is -2.28. The summed E-state index contributed by atoms with van der Waals surface area (Å²) in [5, 5.41) is 49.9. The van der Waals surface area contributed by atoms with Crippen molar-refractivity contribution in [1.29, 1.82) is 0 Å². The Kier molecular flexibility index (Phi) is 10.7. The summed E-state index contributed by atoms with van der Waals surface area (Å²) < 4.78 is 0. The van der Waals surface area contributed by atoms with Crippen molar-refractivity contribution in [1.82, 2.24) is 0 Å². The maximum atomic E-state index is 15.8. The fraction of sp³-hybridized carbons (Fsp3) is 0.911. The second-order valence-corrected chi connectivity index (χ2v) is 21.7. The first-order chi connectivity index (χ1) is 27.2. The lowest BCUT2D eigenvalue weighted by molar-refractivity contribution is -0.262. The van der Waals surface area contributed by atoms with Gasteiger partial charge in [-0.15, -0.1) is 0 Å². The van der Waals surface area contributed by atoms with Crippen molar-refractivity contribution in [3.63, 3.8) is 0 Å². The summed E-state index contributed by atoms with van der Waals surface area (Å²) in [7, 11) is 0. The van der Waals surface area contributed by atoms with Crippen molar-refractivity contribution >= 4 is 23.9 Å². The zero-order chi connectivity index (χ0) is 40.8. The van der Waals surface area contributed by atoms with Crippen LogP contribution in [0.25, 0.3) is 0 Å². The van der Waals surface area contributed by atoms with Gasteiger partial charge < -0.3 is 43.4 Å². The average Bonchev–Trinajstić information content (AvgIpc) is 3.63. The molecule has 0 aliphatic heterocycles. The van der Waals surface area contributed by atoms with E-state index in [-0.39, 0.29) is 99.2 Å². The van der Waals surface area contributed by atoms with Gasteiger partial charge in [0.25, 0.3) is 0 Å². The first kappa shape index (κ1) is 41.5. The van der Waals surface area contributed by atoms with Crippen molar-refractivity contribution < 1.29 is 39.6 Å². The summed E-state index contributed by atoms with van der Waals surface area (Å²) in [6.45, 7) is -0.807. The molecule has 12 N–H and O–H groups in total. The highest BCUT2D eigenvalue weighted by molar-refractivity contribution is 5.97. The first-order valence-electron chi connectivity index (χ1n) is 22.9. The molecule has 0 radical (unpaired) electrons. The van der Waals surface area contributed by atoms with Crippen molar-refractivity contribution in [3.05, 3.63) is 0 Å². The monoisotopic (exact) mass is 797 g/mol. The van der Waals surface area contributed by atoms with Crippen LogP contribution in [0.15, 0.2) is 0 Å². The van der Waals surface area contributed by atoms with Gasteiger partial charge >= 0.3 is 23.9 Å². The van der Waals surface area contributed by atoms with E-state index in [4.69, 9.17) is 22.9 Å². The third kappa shape index (κ3) is 5.63. The molecule has 8 fully saturated rings. The Morgan fingerprint density at radius 3 is 1.04 bits per heavy atom. The van der Waals surface area contributed by atoms with Gasteiger partial charge in [0.05, 0.1) is 11.8 Å². The summed E-state index contributed by atoms with van der Waals surface area (Å²) in [5.74, 6) is -8.82. The number of carboxylic acid groups (broad SMARTS) is 4. The van der Waals surface area contributed by atoms with E-state index < -0.39 is 68.2 Å². The number of hydrogen-bond donors (Lipinski definition) is 8. The van der Waals surface area contributed by atoms with Crippen molar-refractivity contribution in [2.75, 3.05) is 26.2 Å². The molecular formula is C45H72N4O8. The molecule has 12 nitrogen and oxygen atoms in total. The Morgan fingerprint density at radius 2 is 0.737 bits per heavy atom. The van der Waals surface area contributed by atoms with Gasteiger partial charge in [0, 0.05) is 10.8 Å². The second kappa shape index (κ2) is 14.7. The van der Waals surface area contributed by atoms with Gasteiger partial charge in [-0.3, -0.25) is 19.2 Å². The van der Waals surface area contributed by atoms with Gasteiger partial charge in [0.15, 0.2) is 0 Å². The lowest BCUT2D eigenvalue weighted by Gasteiger charge is -2.68. The number of hydrogen-bond acceptors (Lipinski definition) is 8. The van der Waals surface area contributed by atoms with Crippen LogP contribution in [0.2, 0.25) is 0 Å². The lowest BCUT2D eigenvalue weighted by Crippen LogP contribution is -2.79. The Bertz CT molecular complexity index is 1550. The smallest absolute Gasteiger partial charge is 0.312 e. The van der Waals surface area contributed by atoms with Crippen LogP contribution >= 0.6 is 0 Å². The van der Waals surface area contributed by atoms with Crippen LogP contribution in [0.1, 0.15) is 135 Å². The van der Waals surface area contributed by atoms with Gasteiger partial charge in [-0.05, 0) is 142 Å². The number of rotatable bonds is 15. The van der Waals surface area contributed by atoms with Crippen molar-refractivity contribution in [2.45, 2.75) is 135 Å². The van der Waals surface area contributed by atoms with E-state index in [0.29, 0.717) is 25.7 Å². The maximum Gasteiger partial charge on any atom is 0.312 e. The molecule has 0 bridgehead atoms. The number of nitrogens with two attached hydrogens (primary N) is 4. The van der Waals surface area contributed by atoms with Crippen LogP contribution in [0.5, 0.6) is 0 Å². The number of aliphatic carboxylic acids is 4. The predicted octanol–water partition coefficient (Wildman–Crippen LogP) is 5.54. The third-order valence-electron chi connectivity index (χ3n) is 19.7. The molecule has 12 heteroatoms. The lowest BCUT2D eigenvalue weighted by atomic mass is 9.31. The minimum absolute atomic E-state index is 0.0311. The van der Waals surface area contributed by atoms with E-state index in [1.807, 2.05) is 0 Å². The molecule has 8 aliphatic carbocycles. The third-order valence-corrected chi connectivity index (χ3v) is 19.7. The number of carbonyl (C=O) groups is 4. The van der Waals surface area contributed by atoms with Crippen LogP contribution < -0.4 is 22.9 Å². The molecule has 10 unspecified atom stereocenters. The maximum absolute atomic E-state index is 15.8. The molecule has 0 spiro atoms. The van der Waals surface area contributed by atoms with E-state index in [1.165, 1.54) is 0 Å². The molecule has 0 amide bonds. The molecule has 0 aromatic rings. The van der Waals surface area contributed by atoms with Crippen LogP contribution in [0.4, 0.5) is 0 Å². The highest BCUT2D eigenvalue weighted by Crippen LogP contribution is 2.81. The molecule has 8 saturated carbocycles. The summed E-state index contributed by atoms with van der Waals surface area (Å²) in [4.78, 5) is 61.4. The molecule has 0 saturated heterocycles. The second-order valence-electron chi connectivity index (χ2n) is 21.7. The largest absolute Gasteiger partial charge is 0.481 e. The van der Waals surface area contributed by atoms with Gasteiger partial charge in [-0.2, -0.15) is 0 Å². The Balaban J connectivity index is 1.51. The highest BCUT2D eigenvalue weighted by Gasteiger charge is 2.88. The topological polar surface area (TPSA) is 253 Å². The fourth-order valence-electron chi connectivity index (χ4n) is 17.8. The molecular weight excluding hydrogens is 725 g/mol. The summed E-state index contributed by atoms with van der Waals surface area (Å²) >= 11 is 0. The minimum atomic E-state index is -2.69. The molecule has 320 valence electrons. The summed E-state index contributed by atoms with van der Waals surface area (Å²) in [5.41, 5.74) is 16.8. The normalized spacial score (nSPS) is 45.3. The van der Waals surface area contributed by atoms with Crippen molar-refractivity contribution in [3.8, 4) is 0 Å². The van der Waals surface area contributed by atoms with Crippen molar-refractivity contribution in [2.24, 2.45) is 115 Å². The summed E-state index contributed by atoms with van der Waals surface area (Å²) in [6.07, 6.45) is 14.4. The van der Waals surface area contributed by atoms with E-state index in [1.54, 1.807) is 0 Å². The first-order valence-corrected chi connectivity index (χ1v) is 22.9. The Morgan fingerprint density at radius 1 is 0.439 bits per heavy atom. The molecule has 0 heterocycles. The highest BCUT2D eigenvalue weighted by atomic mass is 16.4. The minimum Gasteiger partial charge on any atom is -0.481 e. The molecule has 0 aromatic heterocycles. The Labute approximate surface area is 338 Å². The number of fused-ring (bicyclic) bond motifs is 4. The predicted molar refractivity (Wildman–Crippen MR) is 213 cm³/mol. The van der Waals surface area contributed by atoms with Crippen LogP contribution in [0, 0.1) is 91.7 Å². The van der Waals surface area contributed by atoms with E-state index >= 15 is 9.59 Å². The van der Waals surface area contributed by atoms with Crippen LogP contribution in [-0.4, -0.2) is 70.5 Å². The quantitative estimate of drug-likeness (QED) is 0.102. The van der Waals surface area contributed by atoms with Crippen LogP contribution in [0.3, 0.4) is 0 Å². The molecule has 8 rings (SSSR count). The molecule has 57 heavy (non-hydrogen) atoms. The van der Waals surface area contributed by atoms with E-state index in [9.17, 15) is 30.0 Å². The van der Waals surface area contributed by atoms with Gasteiger partial charge in [-0.1, -0.05) is 77.0 Å². The standard InChI is InChI=1S/C45H72N4O8/c46-22-40(14-26-7-2-1-3-8-27(26)15-40)34(36(50)51)44(38(54)55,42(24-48)18-30-11-6-12-31(30)19-42)45(39(56)57,43(25-49)20-32-13-33(32)21-43)35(37(52)53)41(23-47)16-28-9-4-5-10-29(28)17-41/h26-35H,1-25,46-49H2,(H,50,51)(H,52,53)(H,54,55)(H,56,57)/t26?,27?,28?,29?,30?,31?,32-,33+,34?,35-,40?,41?,42?,43?,44?,45?/m0/s1. The molecule has 13 atom stereocenters. The average molecular weight is 797 g/mol. The van der Waals surface area contributed by atoms with E-state index in [0.717, 1.165) is 83.5 Å². The fourth-order valence-corrected chi connectivity index (χ4v) is 17.8. The van der Waals surface area contributed by atoms with Gasteiger partial charge in [0.1, 0.15) is 10.8 Å². The summed E-state index contributed by atoms with van der Waals surface area (Å²) in [6, 6.07) is 0. The molecule has 0 aromatic carbocycles. The van der Waals surface area contributed by atoms with E-state index in [2.05, 4.69) is 0 Å². The van der Waals surface area contributed by atoms with Crippen LogP contribution in [-0.2, 0) is 19.2 Å². The van der Waals surface area contributed by atoms with Gasteiger partial charge in [0.2, 0.25) is 0 Å². The molecule has 8 aliphatic rings. The zero-order valence-electron chi connectivity index (χ0n) is 34.2. The SMILES string of the molecule is NCC1(C(C(=O)O)C(C(=O)O)(C2(CN)CC3CCCC3C2)C(C(=O)O)([C@@H](C(=O)O)C2(CN)CC3CCCCC3C2)C2(CN)C[C@H]3C[C@H]3C2)CC2CCCCCC2C1. The number of carboxylic acids is 4. The zero-order valence-corrected chi connectivity index (χ0v) is 34.2.